The zero-order chi connectivity index (χ0) is 14.5. The smallest absolute Gasteiger partial charge is 0.269 e. The maximum absolute atomic E-state index is 10.5. The minimum atomic E-state index is -0.465. The van der Waals surface area contributed by atoms with Crippen molar-refractivity contribution in [3.05, 3.63) is 69.2 Å². The highest BCUT2D eigenvalue weighted by molar-refractivity contribution is 6.69. The van der Waals surface area contributed by atoms with Gasteiger partial charge < -0.3 is 0 Å². The summed E-state index contributed by atoms with van der Waals surface area (Å²) in [5, 5.41) is 15.4. The van der Waals surface area contributed by atoms with Gasteiger partial charge in [-0.25, -0.2) is 0 Å². The lowest BCUT2D eigenvalue weighted by atomic mass is 10.2. The van der Waals surface area contributed by atoms with E-state index >= 15 is 0 Å². The van der Waals surface area contributed by atoms with Gasteiger partial charge in [0.2, 0.25) is 0 Å². The summed E-state index contributed by atoms with van der Waals surface area (Å²) in [5.41, 5.74) is 4.05. The Bertz CT molecular complexity index is 640. The minimum absolute atomic E-state index is 0.0170. The second-order valence-electron chi connectivity index (χ2n) is 3.83. The van der Waals surface area contributed by atoms with Crippen LogP contribution >= 0.6 is 23.2 Å². The summed E-state index contributed by atoms with van der Waals surface area (Å²) in [7, 11) is 0. The topological polar surface area (TPSA) is 67.5 Å². The van der Waals surface area contributed by atoms with Crippen molar-refractivity contribution < 1.29 is 4.92 Å². The molecule has 0 unspecified atom stereocenters. The molecule has 0 atom stereocenters. The van der Waals surface area contributed by atoms with E-state index in [-0.39, 0.29) is 10.9 Å². The van der Waals surface area contributed by atoms with Gasteiger partial charge in [0, 0.05) is 22.7 Å². The molecule has 0 saturated heterocycles. The first kappa shape index (κ1) is 14.3. The molecule has 7 heteroatoms. The predicted molar refractivity (Wildman–Crippen MR) is 80.6 cm³/mol. The Morgan fingerprint density at radius 1 is 1.10 bits per heavy atom. The average molecular weight is 310 g/mol. The van der Waals surface area contributed by atoms with Gasteiger partial charge >= 0.3 is 0 Å². The summed E-state index contributed by atoms with van der Waals surface area (Å²) < 4.78 is 0. The molecule has 2 aromatic carbocycles. The van der Waals surface area contributed by atoms with E-state index < -0.39 is 4.92 Å². The van der Waals surface area contributed by atoms with Crippen LogP contribution < -0.4 is 5.43 Å². The van der Waals surface area contributed by atoms with Crippen LogP contribution in [0.4, 0.5) is 11.4 Å². The highest BCUT2D eigenvalue weighted by atomic mass is 35.5. The largest absolute Gasteiger partial charge is 0.277 e. The van der Waals surface area contributed by atoms with Crippen LogP contribution in [0.25, 0.3) is 0 Å². The number of nitrogens with one attached hydrogen (secondary N) is 1. The third-order valence-electron chi connectivity index (χ3n) is 2.44. The Hall–Kier alpha value is -2.11. The number of nitro groups is 1. The highest BCUT2D eigenvalue weighted by Gasteiger charge is 2.04. The Morgan fingerprint density at radius 2 is 1.70 bits per heavy atom. The number of non-ortho nitro benzene ring substituents is 1. The molecule has 5 nitrogen and oxygen atoms in total. The van der Waals surface area contributed by atoms with Gasteiger partial charge in [0.1, 0.15) is 0 Å². The minimum Gasteiger partial charge on any atom is -0.277 e. The van der Waals surface area contributed by atoms with Crippen LogP contribution in [0.2, 0.25) is 5.02 Å². The standard InChI is InChI=1S/C13H9Cl2N3O2/c14-10-3-1-9(2-4-10)13(15)17-16-11-5-7-12(8-6-11)18(19)20/h1-8,16H/b17-13-. The van der Waals surface area contributed by atoms with Gasteiger partial charge in [0.15, 0.2) is 5.17 Å². The molecule has 2 rings (SSSR count). The number of hydrogen-bond donors (Lipinski definition) is 1. The van der Waals surface area contributed by atoms with Crippen molar-refractivity contribution in [3.8, 4) is 0 Å². The molecule has 0 heterocycles. The molecule has 0 saturated carbocycles. The van der Waals surface area contributed by atoms with Crippen LogP contribution in [0.15, 0.2) is 53.6 Å². The fraction of sp³-hybridized carbons (Fsp3) is 0. The number of anilines is 1. The number of hydrazone groups is 1. The monoisotopic (exact) mass is 309 g/mol. The lowest BCUT2D eigenvalue weighted by Crippen LogP contribution is -1.97. The molecule has 0 aliphatic heterocycles. The maximum Gasteiger partial charge on any atom is 0.269 e. The van der Waals surface area contributed by atoms with E-state index in [9.17, 15) is 10.1 Å². The second-order valence-corrected chi connectivity index (χ2v) is 4.62. The molecule has 0 radical (unpaired) electrons. The maximum atomic E-state index is 10.5. The zero-order valence-electron chi connectivity index (χ0n) is 10.1. The SMILES string of the molecule is O=[N+]([O-])c1ccc(N/N=C(\Cl)c2ccc(Cl)cc2)cc1. The number of nitrogens with zero attached hydrogens (tertiary/aromatic N) is 2. The predicted octanol–water partition coefficient (Wildman–Crippen LogP) is 4.26. The number of hydrogen-bond acceptors (Lipinski definition) is 4. The van der Waals surface area contributed by atoms with Crippen LogP contribution in [-0.4, -0.2) is 10.1 Å². The third kappa shape index (κ3) is 3.69. The fourth-order valence-electron chi connectivity index (χ4n) is 1.42. The molecule has 0 spiro atoms. The second kappa shape index (κ2) is 6.36. The van der Waals surface area contributed by atoms with Gasteiger partial charge in [-0.2, -0.15) is 5.10 Å². The number of nitro benzene ring substituents is 1. The van der Waals surface area contributed by atoms with E-state index in [1.165, 1.54) is 12.1 Å². The summed E-state index contributed by atoms with van der Waals surface area (Å²) in [5.74, 6) is 0. The van der Waals surface area contributed by atoms with Crippen molar-refractivity contribution >= 4 is 39.7 Å². The molecule has 1 N–H and O–H groups in total. The molecule has 0 fully saturated rings. The molecule has 2 aromatic rings. The van der Waals surface area contributed by atoms with E-state index in [1.54, 1.807) is 36.4 Å². The normalized spacial score (nSPS) is 11.2. The molecular formula is C13H9Cl2N3O2. The highest BCUT2D eigenvalue weighted by Crippen LogP contribution is 2.16. The van der Waals surface area contributed by atoms with Crippen molar-refractivity contribution in [2.75, 3.05) is 5.43 Å². The Kier molecular flexibility index (Phi) is 4.55. The summed E-state index contributed by atoms with van der Waals surface area (Å²) in [6.07, 6.45) is 0. The quantitative estimate of drug-likeness (QED) is 0.521. The molecule has 0 aliphatic carbocycles. The molecule has 0 aromatic heterocycles. The molecule has 0 aliphatic rings. The number of rotatable bonds is 4. The van der Waals surface area contributed by atoms with E-state index in [2.05, 4.69) is 10.5 Å². The van der Waals surface area contributed by atoms with Gasteiger partial charge in [-0.15, -0.1) is 0 Å². The molecule has 0 bridgehead atoms. The van der Waals surface area contributed by atoms with Crippen molar-refractivity contribution in [1.82, 2.24) is 0 Å². The van der Waals surface area contributed by atoms with Crippen molar-refractivity contribution in [1.29, 1.82) is 0 Å². The lowest BCUT2D eigenvalue weighted by Gasteiger charge is -2.02. The molecule has 20 heavy (non-hydrogen) atoms. The zero-order valence-corrected chi connectivity index (χ0v) is 11.6. The first-order valence-electron chi connectivity index (χ1n) is 5.56. The van der Waals surface area contributed by atoms with Crippen LogP contribution in [-0.2, 0) is 0 Å². The lowest BCUT2D eigenvalue weighted by molar-refractivity contribution is -0.384. The Balaban J connectivity index is 2.08. The summed E-state index contributed by atoms with van der Waals surface area (Å²) >= 11 is 11.8. The van der Waals surface area contributed by atoms with Gasteiger partial charge in [-0.1, -0.05) is 35.3 Å². The van der Waals surface area contributed by atoms with E-state index in [0.717, 1.165) is 0 Å². The average Bonchev–Trinajstić information content (AvgIpc) is 2.46. The van der Waals surface area contributed by atoms with Crippen LogP contribution in [0.1, 0.15) is 5.56 Å². The van der Waals surface area contributed by atoms with E-state index in [0.29, 0.717) is 16.3 Å². The first-order chi connectivity index (χ1) is 9.56. The van der Waals surface area contributed by atoms with Crippen molar-refractivity contribution in [3.63, 3.8) is 0 Å². The van der Waals surface area contributed by atoms with Gasteiger partial charge in [0.05, 0.1) is 10.6 Å². The summed E-state index contributed by atoms with van der Waals surface area (Å²) in [4.78, 5) is 10.1. The Morgan fingerprint density at radius 3 is 2.25 bits per heavy atom. The van der Waals surface area contributed by atoms with Gasteiger partial charge in [0.25, 0.3) is 5.69 Å². The third-order valence-corrected chi connectivity index (χ3v) is 3.00. The molecular weight excluding hydrogens is 301 g/mol. The molecule has 102 valence electrons. The van der Waals surface area contributed by atoms with Crippen LogP contribution in [0.3, 0.4) is 0 Å². The molecule has 0 amide bonds. The summed E-state index contributed by atoms with van der Waals surface area (Å²) in [6, 6.07) is 12.8. The van der Waals surface area contributed by atoms with Crippen molar-refractivity contribution in [2.45, 2.75) is 0 Å². The van der Waals surface area contributed by atoms with Gasteiger partial charge in [-0.3, -0.25) is 15.5 Å². The summed E-state index contributed by atoms with van der Waals surface area (Å²) in [6.45, 7) is 0. The first-order valence-corrected chi connectivity index (χ1v) is 6.31. The Labute approximate surface area is 125 Å². The fourth-order valence-corrected chi connectivity index (χ4v) is 1.72. The van der Waals surface area contributed by atoms with E-state index in [4.69, 9.17) is 23.2 Å². The van der Waals surface area contributed by atoms with Crippen molar-refractivity contribution in [2.24, 2.45) is 5.10 Å². The van der Waals surface area contributed by atoms with Crippen LogP contribution in [0.5, 0.6) is 0 Å². The van der Waals surface area contributed by atoms with Crippen LogP contribution in [0, 0.1) is 10.1 Å². The number of halogens is 2. The number of benzene rings is 2. The van der Waals surface area contributed by atoms with E-state index in [1.807, 2.05) is 0 Å². The van der Waals surface area contributed by atoms with Gasteiger partial charge in [-0.05, 0) is 24.3 Å².